The minimum Gasteiger partial charge on any atom is -0.481 e. The van der Waals surface area contributed by atoms with Crippen molar-refractivity contribution >= 4 is 17.7 Å². The molecule has 2 N–H and O–H groups in total. The van der Waals surface area contributed by atoms with Crippen molar-refractivity contribution in [1.82, 2.24) is 19.9 Å². The van der Waals surface area contributed by atoms with Crippen molar-refractivity contribution < 1.29 is 19.4 Å². The zero-order valence-corrected chi connectivity index (χ0v) is 19.7. The van der Waals surface area contributed by atoms with Crippen molar-refractivity contribution in [3.8, 4) is 6.01 Å². The van der Waals surface area contributed by atoms with Crippen molar-refractivity contribution in [1.29, 1.82) is 0 Å². The van der Waals surface area contributed by atoms with Crippen molar-refractivity contribution in [3.63, 3.8) is 0 Å². The summed E-state index contributed by atoms with van der Waals surface area (Å²) in [7, 11) is 1.50. The third-order valence-electron chi connectivity index (χ3n) is 6.86. The number of pyridine rings is 1. The lowest BCUT2D eigenvalue weighted by atomic mass is 9.83. The van der Waals surface area contributed by atoms with Gasteiger partial charge in [0.15, 0.2) is 0 Å². The fraction of sp³-hybridized carbons (Fsp3) is 0.560. The Hall–Kier alpha value is -3.23. The first kappa shape index (κ1) is 23.9. The molecule has 0 bridgehead atoms. The van der Waals surface area contributed by atoms with Crippen LogP contribution in [0.25, 0.3) is 0 Å². The molecule has 1 atom stereocenters. The van der Waals surface area contributed by atoms with E-state index < -0.39 is 5.97 Å². The van der Waals surface area contributed by atoms with E-state index in [-0.39, 0.29) is 24.3 Å². The van der Waals surface area contributed by atoms with Crippen LogP contribution in [0.5, 0.6) is 6.01 Å². The highest BCUT2D eigenvalue weighted by atomic mass is 16.5. The Kier molecular flexibility index (Phi) is 7.92. The number of carboxylic acids is 1. The first-order chi connectivity index (χ1) is 16.5. The largest absolute Gasteiger partial charge is 0.481 e. The van der Waals surface area contributed by atoms with E-state index in [1.165, 1.54) is 12.7 Å². The molecule has 1 unspecified atom stereocenters. The third kappa shape index (κ3) is 6.21. The molecule has 1 amide bonds. The second-order valence-corrected chi connectivity index (χ2v) is 9.20. The van der Waals surface area contributed by atoms with E-state index >= 15 is 0 Å². The number of fused-ring (bicyclic) bond motifs is 1. The first-order valence-electron chi connectivity index (χ1n) is 12.1. The average molecular weight is 468 g/mol. The van der Waals surface area contributed by atoms with Crippen LogP contribution < -0.4 is 10.1 Å². The van der Waals surface area contributed by atoms with Crippen molar-refractivity contribution in [2.24, 2.45) is 5.92 Å². The quantitative estimate of drug-likeness (QED) is 0.578. The van der Waals surface area contributed by atoms with Crippen molar-refractivity contribution in [2.75, 3.05) is 32.1 Å². The van der Waals surface area contributed by atoms with Crippen LogP contribution in [-0.2, 0) is 22.4 Å². The molecule has 0 spiro atoms. The number of piperidine rings is 1. The summed E-state index contributed by atoms with van der Waals surface area (Å²) in [6, 6.07) is 4.43. The van der Waals surface area contributed by atoms with E-state index in [1.807, 2.05) is 11.0 Å². The maximum absolute atomic E-state index is 12.8. The first-order valence-corrected chi connectivity index (χ1v) is 12.1. The predicted molar refractivity (Wildman–Crippen MR) is 127 cm³/mol. The summed E-state index contributed by atoms with van der Waals surface area (Å²) < 4.78 is 5.00. The normalized spacial score (nSPS) is 16.9. The molecule has 0 aliphatic carbocycles. The number of hydrogen-bond acceptors (Lipinski definition) is 7. The SMILES string of the molecule is COc1ncc(C(CC(=O)O)CC2CCN(C(=O)CCc3ccc4c(n3)NCCC4)CC2)cn1. The summed E-state index contributed by atoms with van der Waals surface area (Å²) in [5.41, 5.74) is 3.02. The zero-order valence-electron chi connectivity index (χ0n) is 19.7. The minimum atomic E-state index is -0.834. The number of amides is 1. The molecular formula is C25H33N5O4. The molecule has 34 heavy (non-hydrogen) atoms. The Labute approximate surface area is 200 Å². The lowest BCUT2D eigenvalue weighted by Crippen LogP contribution is -2.39. The van der Waals surface area contributed by atoms with Crippen LogP contribution in [0.1, 0.15) is 61.3 Å². The average Bonchev–Trinajstić information content (AvgIpc) is 2.87. The standard InChI is InChI=1S/C25H33N5O4/c1-34-25-27-15-20(16-28-25)19(14-23(32)33)13-17-8-11-30(12-9-17)22(31)7-6-21-5-4-18-3-2-10-26-24(18)29-21/h4-5,15-17,19H,2-3,6-14H2,1H3,(H,26,29)(H,32,33). The van der Waals surface area contributed by atoms with Gasteiger partial charge in [-0.1, -0.05) is 6.07 Å². The summed E-state index contributed by atoms with van der Waals surface area (Å²) in [5.74, 6) is 0.509. The van der Waals surface area contributed by atoms with Gasteiger partial charge in [0.1, 0.15) is 5.82 Å². The number of nitrogens with zero attached hydrogens (tertiary/aromatic N) is 4. The van der Waals surface area contributed by atoms with Crippen LogP contribution in [0, 0.1) is 5.92 Å². The monoisotopic (exact) mass is 467 g/mol. The van der Waals surface area contributed by atoms with Crippen LogP contribution in [0.2, 0.25) is 0 Å². The van der Waals surface area contributed by atoms with Gasteiger partial charge in [0.25, 0.3) is 0 Å². The molecule has 0 saturated carbocycles. The second kappa shape index (κ2) is 11.3. The molecule has 2 aliphatic heterocycles. The second-order valence-electron chi connectivity index (χ2n) is 9.20. The highest BCUT2D eigenvalue weighted by Gasteiger charge is 2.27. The zero-order chi connectivity index (χ0) is 23.9. The maximum Gasteiger partial charge on any atom is 0.316 e. The van der Waals surface area contributed by atoms with Gasteiger partial charge in [0.2, 0.25) is 5.91 Å². The fourth-order valence-corrected chi connectivity index (χ4v) is 4.91. The summed E-state index contributed by atoms with van der Waals surface area (Å²) in [4.78, 5) is 39.1. The van der Waals surface area contributed by atoms with Crippen LogP contribution in [-0.4, -0.2) is 63.6 Å². The molecule has 9 nitrogen and oxygen atoms in total. The van der Waals surface area contributed by atoms with Crippen LogP contribution in [0.15, 0.2) is 24.5 Å². The van der Waals surface area contributed by atoms with Gasteiger partial charge in [-0.25, -0.2) is 15.0 Å². The van der Waals surface area contributed by atoms with Crippen molar-refractivity contribution in [3.05, 3.63) is 41.3 Å². The number of ether oxygens (including phenoxy) is 1. The molecule has 4 heterocycles. The van der Waals surface area contributed by atoms with E-state index in [0.717, 1.165) is 55.7 Å². The number of aliphatic carboxylic acids is 1. The van der Waals surface area contributed by atoms with Crippen molar-refractivity contribution in [2.45, 2.75) is 57.3 Å². The molecule has 182 valence electrons. The van der Waals surface area contributed by atoms with Crippen LogP contribution in [0.4, 0.5) is 5.82 Å². The summed E-state index contributed by atoms with van der Waals surface area (Å²) >= 11 is 0. The summed E-state index contributed by atoms with van der Waals surface area (Å²) in [5, 5.41) is 12.7. The highest BCUT2D eigenvalue weighted by molar-refractivity contribution is 5.76. The Morgan fingerprint density at radius 3 is 2.71 bits per heavy atom. The molecule has 2 aromatic heterocycles. The Bertz CT molecular complexity index is 989. The number of carbonyl (C=O) groups is 2. The summed E-state index contributed by atoms with van der Waals surface area (Å²) in [6.45, 7) is 2.37. The number of aryl methyl sites for hydroxylation is 2. The molecular weight excluding hydrogens is 434 g/mol. The maximum atomic E-state index is 12.8. The van der Waals surface area contributed by atoms with E-state index in [9.17, 15) is 14.7 Å². The highest BCUT2D eigenvalue weighted by Crippen LogP contribution is 2.32. The number of methoxy groups -OCH3 is 1. The number of rotatable bonds is 9. The molecule has 0 radical (unpaired) electrons. The third-order valence-corrected chi connectivity index (χ3v) is 6.86. The summed E-state index contributed by atoms with van der Waals surface area (Å²) in [6.07, 6.45) is 9.14. The van der Waals surface area contributed by atoms with E-state index in [0.29, 0.717) is 31.8 Å². The smallest absolute Gasteiger partial charge is 0.316 e. The Morgan fingerprint density at radius 2 is 2.00 bits per heavy atom. The van der Waals surface area contributed by atoms with Crippen LogP contribution in [0.3, 0.4) is 0 Å². The van der Waals surface area contributed by atoms with Gasteiger partial charge < -0.3 is 20.1 Å². The minimum absolute atomic E-state index is 0.0392. The number of aromatic nitrogens is 3. The molecule has 2 aromatic rings. The fourth-order valence-electron chi connectivity index (χ4n) is 4.91. The molecule has 4 rings (SSSR count). The molecule has 0 aromatic carbocycles. The van der Waals surface area contributed by atoms with E-state index in [2.05, 4.69) is 21.4 Å². The molecule has 9 heteroatoms. The number of nitrogens with one attached hydrogen (secondary N) is 1. The van der Waals surface area contributed by atoms with Gasteiger partial charge in [0, 0.05) is 44.1 Å². The van der Waals surface area contributed by atoms with Gasteiger partial charge >= 0.3 is 12.0 Å². The Balaban J connectivity index is 1.26. The van der Waals surface area contributed by atoms with Gasteiger partial charge in [0.05, 0.1) is 13.5 Å². The lowest BCUT2D eigenvalue weighted by Gasteiger charge is -2.33. The van der Waals surface area contributed by atoms with E-state index in [4.69, 9.17) is 9.72 Å². The van der Waals surface area contributed by atoms with Gasteiger partial charge in [-0.3, -0.25) is 9.59 Å². The van der Waals surface area contributed by atoms with E-state index in [1.54, 1.807) is 12.4 Å². The molecule has 1 saturated heterocycles. The Morgan fingerprint density at radius 1 is 1.24 bits per heavy atom. The van der Waals surface area contributed by atoms with Crippen LogP contribution >= 0.6 is 0 Å². The topological polar surface area (TPSA) is 118 Å². The number of anilines is 1. The number of hydrogen-bond donors (Lipinski definition) is 2. The van der Waals surface area contributed by atoms with Gasteiger partial charge in [-0.15, -0.1) is 0 Å². The van der Waals surface area contributed by atoms with Gasteiger partial charge in [-0.05, 0) is 67.6 Å². The number of carbonyl (C=O) groups excluding carboxylic acids is 1. The lowest BCUT2D eigenvalue weighted by molar-refractivity contribution is -0.137. The number of likely N-dealkylation sites (tertiary alicyclic amines) is 1. The predicted octanol–water partition coefficient (Wildman–Crippen LogP) is 3.06. The molecule has 1 fully saturated rings. The number of carboxylic acid groups (broad SMARTS) is 1. The molecule has 2 aliphatic rings. The van der Waals surface area contributed by atoms with Gasteiger partial charge in [-0.2, -0.15) is 0 Å².